The number of hydrogen-bond donors (Lipinski definition) is 1. The molecule has 3 aromatic rings. The number of hydrogen-bond acceptors (Lipinski definition) is 4. The minimum Gasteiger partial charge on any atom is -0.313 e. The van der Waals surface area contributed by atoms with Crippen molar-refractivity contribution in [2.24, 2.45) is 0 Å². The number of nitrogens with zero attached hydrogens (tertiary/aromatic N) is 3. The number of halogens is 1. The maximum Gasteiger partial charge on any atom is 0.250 e. The first-order valence-electron chi connectivity index (χ1n) is 8.89. The zero-order valence-corrected chi connectivity index (χ0v) is 17.2. The summed E-state index contributed by atoms with van der Waals surface area (Å²) in [5, 5.41) is 4.67. The van der Waals surface area contributed by atoms with Crippen molar-refractivity contribution in [1.82, 2.24) is 14.3 Å². The molecule has 0 fully saturated rings. The van der Waals surface area contributed by atoms with E-state index in [1.54, 1.807) is 52.8 Å². The maximum atomic E-state index is 11.9. The molecule has 148 valence electrons. The van der Waals surface area contributed by atoms with Gasteiger partial charge in [0.1, 0.15) is 0 Å². The summed E-state index contributed by atoms with van der Waals surface area (Å²) in [4.78, 5) is 11.9. The quantitative estimate of drug-likeness (QED) is 0.633. The Balaban J connectivity index is 1.89. The fourth-order valence-corrected chi connectivity index (χ4v) is 3.64. The summed E-state index contributed by atoms with van der Waals surface area (Å²) < 4.78 is 29.2. The number of aryl methyl sites for hydroxylation is 1. The van der Waals surface area contributed by atoms with Crippen molar-refractivity contribution >= 4 is 27.3 Å². The van der Waals surface area contributed by atoms with E-state index in [0.29, 0.717) is 17.3 Å². The first kappa shape index (κ1) is 20.2. The highest BCUT2D eigenvalue weighted by Gasteiger charge is 2.12. The van der Waals surface area contributed by atoms with E-state index in [2.05, 4.69) is 9.82 Å². The van der Waals surface area contributed by atoms with Crippen LogP contribution in [-0.4, -0.2) is 28.5 Å². The predicted octanol–water partition coefficient (Wildman–Crippen LogP) is 3.53. The second-order valence-corrected chi connectivity index (χ2v) is 8.71. The molecule has 0 bridgehead atoms. The highest BCUT2D eigenvalue weighted by atomic mass is 35.5. The van der Waals surface area contributed by atoms with E-state index >= 15 is 0 Å². The molecule has 0 unspecified atom stereocenters. The molecule has 0 spiro atoms. The molecule has 0 aliphatic rings. The van der Waals surface area contributed by atoms with Gasteiger partial charge in [0.05, 0.1) is 28.3 Å². The Bertz CT molecular complexity index is 1150. The van der Waals surface area contributed by atoms with E-state index in [-0.39, 0.29) is 11.3 Å². The van der Waals surface area contributed by atoms with Gasteiger partial charge in [0.2, 0.25) is 10.0 Å². The lowest BCUT2D eigenvalue weighted by molar-refractivity contribution is 0.602. The van der Waals surface area contributed by atoms with Crippen LogP contribution in [0.4, 0.5) is 5.69 Å². The Morgan fingerprint density at radius 2 is 1.89 bits per heavy atom. The van der Waals surface area contributed by atoms with Crippen LogP contribution in [0.2, 0.25) is 5.02 Å². The Kier molecular flexibility index (Phi) is 5.90. The minimum absolute atomic E-state index is 0.0297. The molecule has 2 heterocycles. The first-order valence-corrected chi connectivity index (χ1v) is 10.9. The number of rotatable bonds is 7. The fourth-order valence-electron chi connectivity index (χ4n) is 2.70. The highest BCUT2D eigenvalue weighted by molar-refractivity contribution is 7.92. The third-order valence-electron chi connectivity index (χ3n) is 4.23. The van der Waals surface area contributed by atoms with Gasteiger partial charge in [-0.25, -0.2) is 13.1 Å². The molecule has 0 radical (unpaired) electrons. The Morgan fingerprint density at radius 1 is 1.11 bits per heavy atom. The summed E-state index contributed by atoms with van der Waals surface area (Å²) >= 11 is 6.25. The third kappa shape index (κ3) is 4.45. The zero-order chi connectivity index (χ0) is 20.3. The van der Waals surface area contributed by atoms with E-state index in [0.717, 1.165) is 23.2 Å². The number of nitrogens with one attached hydrogen (secondary N) is 1. The normalized spacial score (nSPS) is 11.5. The van der Waals surface area contributed by atoms with Crippen LogP contribution in [-0.2, 0) is 16.6 Å². The second kappa shape index (κ2) is 8.20. The van der Waals surface area contributed by atoms with Gasteiger partial charge >= 0.3 is 0 Å². The molecular formula is C19H21ClN4O3S. The van der Waals surface area contributed by atoms with Crippen LogP contribution in [0, 0.1) is 0 Å². The average Bonchev–Trinajstić information content (AvgIpc) is 3.15. The summed E-state index contributed by atoms with van der Waals surface area (Å²) in [6.45, 7) is 4.22. The van der Waals surface area contributed by atoms with Crippen LogP contribution in [0.25, 0.3) is 16.8 Å². The van der Waals surface area contributed by atoms with Crippen molar-refractivity contribution in [2.45, 2.75) is 26.8 Å². The van der Waals surface area contributed by atoms with Gasteiger partial charge in [-0.05, 0) is 37.1 Å². The third-order valence-corrected chi connectivity index (χ3v) is 5.83. The first-order chi connectivity index (χ1) is 13.3. The minimum atomic E-state index is -3.40. The second-order valence-electron chi connectivity index (χ2n) is 6.29. The van der Waals surface area contributed by atoms with Gasteiger partial charge in [-0.1, -0.05) is 24.6 Å². The summed E-state index contributed by atoms with van der Waals surface area (Å²) in [6, 6.07) is 8.34. The molecule has 1 aromatic carbocycles. The van der Waals surface area contributed by atoms with Crippen molar-refractivity contribution in [3.63, 3.8) is 0 Å². The van der Waals surface area contributed by atoms with E-state index in [4.69, 9.17) is 11.6 Å². The van der Waals surface area contributed by atoms with Gasteiger partial charge in [0.25, 0.3) is 5.56 Å². The molecule has 0 aliphatic carbocycles. The molecular weight excluding hydrogens is 400 g/mol. The number of pyridine rings is 1. The SMILES string of the molecule is CCCn1cc(-n2cc(-c3ccc(NS(=O)(=O)CC)c(Cl)c3)cn2)ccc1=O. The van der Waals surface area contributed by atoms with Crippen molar-refractivity contribution in [3.8, 4) is 16.8 Å². The van der Waals surface area contributed by atoms with Crippen LogP contribution < -0.4 is 10.3 Å². The van der Waals surface area contributed by atoms with Gasteiger partial charge in [0.15, 0.2) is 0 Å². The van der Waals surface area contributed by atoms with Crippen molar-refractivity contribution in [1.29, 1.82) is 0 Å². The van der Waals surface area contributed by atoms with Crippen molar-refractivity contribution in [3.05, 3.63) is 64.3 Å². The van der Waals surface area contributed by atoms with Crippen LogP contribution in [0.1, 0.15) is 20.3 Å². The summed E-state index contributed by atoms with van der Waals surface area (Å²) in [6.07, 6.45) is 6.16. The standard InChI is InChI=1S/C19H21ClN4O3S/c1-3-9-23-13-16(6-8-19(23)25)24-12-15(11-21-24)14-5-7-18(17(20)10-14)22-28(26,27)4-2/h5-8,10-13,22H,3-4,9H2,1-2H3. The Labute approximate surface area is 168 Å². The topological polar surface area (TPSA) is 86.0 Å². The monoisotopic (exact) mass is 420 g/mol. The summed E-state index contributed by atoms with van der Waals surface area (Å²) in [7, 11) is -3.40. The van der Waals surface area contributed by atoms with E-state index in [9.17, 15) is 13.2 Å². The lowest BCUT2D eigenvalue weighted by Gasteiger charge is -2.09. The van der Waals surface area contributed by atoms with Gasteiger partial charge < -0.3 is 4.57 Å². The zero-order valence-electron chi connectivity index (χ0n) is 15.6. The van der Waals surface area contributed by atoms with Gasteiger partial charge in [0, 0.05) is 30.6 Å². The van der Waals surface area contributed by atoms with Crippen LogP contribution in [0.3, 0.4) is 0 Å². The van der Waals surface area contributed by atoms with E-state index < -0.39 is 10.0 Å². The lowest BCUT2D eigenvalue weighted by atomic mass is 10.1. The molecule has 9 heteroatoms. The van der Waals surface area contributed by atoms with Crippen LogP contribution in [0.5, 0.6) is 0 Å². The molecule has 0 saturated carbocycles. The molecule has 28 heavy (non-hydrogen) atoms. The Morgan fingerprint density at radius 3 is 2.57 bits per heavy atom. The van der Waals surface area contributed by atoms with Crippen molar-refractivity contribution < 1.29 is 8.42 Å². The molecule has 2 aromatic heterocycles. The molecule has 0 amide bonds. The smallest absolute Gasteiger partial charge is 0.250 e. The van der Waals surface area contributed by atoms with Gasteiger partial charge in [-0.2, -0.15) is 5.10 Å². The average molecular weight is 421 g/mol. The van der Waals surface area contributed by atoms with Crippen LogP contribution >= 0.6 is 11.6 Å². The number of sulfonamides is 1. The van der Waals surface area contributed by atoms with Gasteiger partial charge in [-0.3, -0.25) is 9.52 Å². The Hall–Kier alpha value is -2.58. The van der Waals surface area contributed by atoms with Gasteiger partial charge in [-0.15, -0.1) is 0 Å². The molecule has 0 atom stereocenters. The molecule has 3 rings (SSSR count). The maximum absolute atomic E-state index is 11.9. The van der Waals surface area contributed by atoms with Crippen LogP contribution in [0.15, 0.2) is 53.7 Å². The number of aromatic nitrogens is 3. The molecule has 0 saturated heterocycles. The lowest BCUT2D eigenvalue weighted by Crippen LogP contribution is -2.19. The number of anilines is 1. The van der Waals surface area contributed by atoms with E-state index in [1.165, 1.54) is 6.07 Å². The summed E-state index contributed by atoms with van der Waals surface area (Å²) in [5.74, 6) is -0.0297. The predicted molar refractivity (Wildman–Crippen MR) is 112 cm³/mol. The largest absolute Gasteiger partial charge is 0.313 e. The van der Waals surface area contributed by atoms with Crippen molar-refractivity contribution in [2.75, 3.05) is 10.5 Å². The highest BCUT2D eigenvalue weighted by Crippen LogP contribution is 2.29. The number of benzene rings is 1. The van der Waals surface area contributed by atoms with E-state index in [1.807, 2.05) is 13.1 Å². The summed E-state index contributed by atoms with van der Waals surface area (Å²) in [5.41, 5.74) is 2.69. The molecule has 1 N–H and O–H groups in total. The molecule has 7 nitrogen and oxygen atoms in total. The fraction of sp³-hybridized carbons (Fsp3) is 0.263. The molecule has 0 aliphatic heterocycles.